The Morgan fingerprint density at radius 2 is 1.80 bits per heavy atom. The lowest BCUT2D eigenvalue weighted by Gasteiger charge is -2.38. The Kier molecular flexibility index (Phi) is 4.42. The molecule has 3 rings (SSSR count). The molecule has 0 aromatic heterocycles. The zero-order valence-electron chi connectivity index (χ0n) is 12.7. The van der Waals surface area contributed by atoms with Crippen LogP contribution in [-0.4, -0.2) is 10.5 Å². The summed E-state index contributed by atoms with van der Waals surface area (Å²) in [6, 6.07) is 9.03. The fourth-order valence-electron chi connectivity index (χ4n) is 3.98. The first-order valence-corrected chi connectivity index (χ1v) is 9.09. The maximum Gasteiger partial charge on any atom is 0.0418 e. The highest BCUT2D eigenvalue weighted by Crippen LogP contribution is 2.45. The molecular formula is C18H27NS. The molecular weight excluding hydrogens is 262 g/mol. The number of thioether (sulfide) groups is 1. The van der Waals surface area contributed by atoms with Gasteiger partial charge in [-0.15, -0.1) is 0 Å². The van der Waals surface area contributed by atoms with E-state index in [4.69, 9.17) is 5.73 Å². The Balaban J connectivity index is 1.72. The fraction of sp³-hybridized carbons (Fsp3) is 0.667. The topological polar surface area (TPSA) is 26.0 Å². The number of hydrogen-bond acceptors (Lipinski definition) is 2. The minimum absolute atomic E-state index is 0.227. The lowest BCUT2D eigenvalue weighted by atomic mass is 9.81. The molecule has 2 heteroatoms. The van der Waals surface area contributed by atoms with Crippen LogP contribution < -0.4 is 5.73 Å². The van der Waals surface area contributed by atoms with Crippen molar-refractivity contribution in [2.45, 2.75) is 68.4 Å². The molecule has 1 aromatic rings. The maximum atomic E-state index is 6.58. The van der Waals surface area contributed by atoms with E-state index in [0.717, 1.165) is 11.2 Å². The number of rotatable bonds is 2. The molecule has 20 heavy (non-hydrogen) atoms. The molecule has 2 aliphatic rings. The predicted octanol–water partition coefficient (Wildman–Crippen LogP) is 4.87. The van der Waals surface area contributed by atoms with Crippen molar-refractivity contribution in [3.8, 4) is 0 Å². The minimum atomic E-state index is 0.227. The summed E-state index contributed by atoms with van der Waals surface area (Å²) in [6.07, 6.45) is 6.87. The van der Waals surface area contributed by atoms with Crippen molar-refractivity contribution < 1.29 is 0 Å². The number of nitrogens with two attached hydrogens (primary N) is 1. The second kappa shape index (κ2) is 6.11. The molecule has 1 nitrogen and oxygen atoms in total. The molecule has 1 aromatic carbocycles. The van der Waals surface area contributed by atoms with Gasteiger partial charge in [-0.3, -0.25) is 0 Å². The SMILES string of the molecule is CC1CCCC(SC2CC(C)c3ccccc3C2N)C1. The largest absolute Gasteiger partial charge is 0.323 e. The van der Waals surface area contributed by atoms with Gasteiger partial charge in [-0.1, -0.05) is 51.0 Å². The van der Waals surface area contributed by atoms with Gasteiger partial charge in [-0.2, -0.15) is 11.8 Å². The van der Waals surface area contributed by atoms with Crippen LogP contribution in [0.25, 0.3) is 0 Å². The Hall–Kier alpha value is -0.470. The quantitative estimate of drug-likeness (QED) is 0.840. The highest BCUT2D eigenvalue weighted by molar-refractivity contribution is 8.00. The monoisotopic (exact) mass is 289 g/mol. The van der Waals surface area contributed by atoms with Crippen LogP contribution in [0.3, 0.4) is 0 Å². The van der Waals surface area contributed by atoms with Crippen molar-refractivity contribution in [2.24, 2.45) is 11.7 Å². The third kappa shape index (κ3) is 2.92. The Morgan fingerprint density at radius 3 is 2.55 bits per heavy atom. The average molecular weight is 289 g/mol. The molecule has 2 aliphatic carbocycles. The van der Waals surface area contributed by atoms with Gasteiger partial charge in [0.2, 0.25) is 0 Å². The van der Waals surface area contributed by atoms with Gasteiger partial charge in [-0.05, 0) is 42.2 Å². The molecule has 0 amide bonds. The first kappa shape index (κ1) is 14.5. The molecule has 5 atom stereocenters. The van der Waals surface area contributed by atoms with E-state index in [1.54, 1.807) is 0 Å². The van der Waals surface area contributed by atoms with Gasteiger partial charge in [0, 0.05) is 16.5 Å². The van der Waals surface area contributed by atoms with E-state index < -0.39 is 0 Å². The summed E-state index contributed by atoms with van der Waals surface area (Å²) in [4.78, 5) is 0. The predicted molar refractivity (Wildman–Crippen MR) is 89.2 cm³/mol. The zero-order chi connectivity index (χ0) is 14.1. The van der Waals surface area contributed by atoms with E-state index in [1.807, 2.05) is 0 Å². The van der Waals surface area contributed by atoms with E-state index in [0.29, 0.717) is 11.2 Å². The first-order valence-electron chi connectivity index (χ1n) is 8.15. The highest BCUT2D eigenvalue weighted by atomic mass is 32.2. The summed E-state index contributed by atoms with van der Waals surface area (Å²) in [5.74, 6) is 1.57. The third-order valence-corrected chi connectivity index (χ3v) is 6.78. The molecule has 0 heterocycles. The van der Waals surface area contributed by atoms with Gasteiger partial charge in [0.25, 0.3) is 0 Å². The van der Waals surface area contributed by atoms with Crippen LogP contribution >= 0.6 is 11.8 Å². The summed E-state index contributed by atoms with van der Waals surface area (Å²) in [6.45, 7) is 4.77. The molecule has 1 fully saturated rings. The van der Waals surface area contributed by atoms with Crippen LogP contribution in [0.1, 0.15) is 69.0 Å². The summed E-state index contributed by atoms with van der Waals surface area (Å²) >= 11 is 2.20. The molecule has 0 radical (unpaired) electrons. The number of benzene rings is 1. The first-order chi connectivity index (χ1) is 9.65. The van der Waals surface area contributed by atoms with Crippen LogP contribution in [0, 0.1) is 5.92 Å². The Labute approximate surface area is 127 Å². The highest BCUT2D eigenvalue weighted by Gasteiger charge is 2.33. The van der Waals surface area contributed by atoms with Crippen molar-refractivity contribution in [3.63, 3.8) is 0 Å². The summed E-state index contributed by atoms with van der Waals surface area (Å²) in [7, 11) is 0. The van der Waals surface area contributed by atoms with Crippen LogP contribution in [-0.2, 0) is 0 Å². The van der Waals surface area contributed by atoms with Gasteiger partial charge < -0.3 is 5.73 Å². The van der Waals surface area contributed by atoms with Crippen molar-refractivity contribution in [2.75, 3.05) is 0 Å². The normalized spacial score (nSPS) is 37.5. The van der Waals surface area contributed by atoms with E-state index in [9.17, 15) is 0 Å². The lowest BCUT2D eigenvalue weighted by molar-refractivity contribution is 0.392. The fourth-order valence-corrected chi connectivity index (χ4v) is 5.93. The maximum absolute atomic E-state index is 6.58. The molecule has 2 N–H and O–H groups in total. The molecule has 0 bridgehead atoms. The second-order valence-corrected chi connectivity index (χ2v) is 8.40. The second-order valence-electron chi connectivity index (χ2n) is 6.86. The zero-order valence-corrected chi connectivity index (χ0v) is 13.5. The molecule has 0 saturated heterocycles. The molecule has 0 aliphatic heterocycles. The third-order valence-electron chi connectivity index (χ3n) is 5.13. The standard InChI is InChI=1S/C18H27NS/c1-12-6-5-7-14(10-12)20-17-11-13(2)15-8-3-4-9-16(15)18(17)19/h3-4,8-9,12-14,17-18H,5-7,10-11,19H2,1-2H3. The Bertz CT molecular complexity index is 458. The van der Waals surface area contributed by atoms with Crippen LogP contribution in [0.5, 0.6) is 0 Å². The smallest absolute Gasteiger partial charge is 0.0418 e. The van der Waals surface area contributed by atoms with E-state index in [-0.39, 0.29) is 6.04 Å². The molecule has 1 saturated carbocycles. The molecule has 0 spiro atoms. The van der Waals surface area contributed by atoms with Crippen molar-refractivity contribution in [1.29, 1.82) is 0 Å². The van der Waals surface area contributed by atoms with Gasteiger partial charge in [0.05, 0.1) is 0 Å². The van der Waals surface area contributed by atoms with Crippen molar-refractivity contribution >= 4 is 11.8 Å². The van der Waals surface area contributed by atoms with Gasteiger partial charge >= 0.3 is 0 Å². The number of hydrogen-bond donors (Lipinski definition) is 1. The Morgan fingerprint density at radius 1 is 1.05 bits per heavy atom. The van der Waals surface area contributed by atoms with E-state index >= 15 is 0 Å². The van der Waals surface area contributed by atoms with E-state index in [1.165, 1.54) is 43.2 Å². The summed E-state index contributed by atoms with van der Waals surface area (Å²) in [5, 5.41) is 1.45. The number of fused-ring (bicyclic) bond motifs is 1. The van der Waals surface area contributed by atoms with Gasteiger partial charge in [0.15, 0.2) is 0 Å². The van der Waals surface area contributed by atoms with Crippen LogP contribution in [0.2, 0.25) is 0 Å². The van der Waals surface area contributed by atoms with Crippen LogP contribution in [0.4, 0.5) is 0 Å². The lowest BCUT2D eigenvalue weighted by Crippen LogP contribution is -2.33. The summed E-state index contributed by atoms with van der Waals surface area (Å²) < 4.78 is 0. The van der Waals surface area contributed by atoms with E-state index in [2.05, 4.69) is 49.9 Å². The minimum Gasteiger partial charge on any atom is -0.323 e. The van der Waals surface area contributed by atoms with Crippen molar-refractivity contribution in [3.05, 3.63) is 35.4 Å². The van der Waals surface area contributed by atoms with Gasteiger partial charge in [-0.25, -0.2) is 0 Å². The van der Waals surface area contributed by atoms with Crippen LogP contribution in [0.15, 0.2) is 24.3 Å². The molecule has 110 valence electrons. The average Bonchev–Trinajstić information content (AvgIpc) is 2.45. The molecule has 5 unspecified atom stereocenters. The summed E-state index contributed by atoms with van der Waals surface area (Å²) in [5.41, 5.74) is 9.46. The van der Waals surface area contributed by atoms with Crippen molar-refractivity contribution in [1.82, 2.24) is 0 Å². The van der Waals surface area contributed by atoms with Gasteiger partial charge in [0.1, 0.15) is 0 Å².